The number of halogens is 1. The van der Waals surface area contributed by atoms with Gasteiger partial charge in [0, 0.05) is 10.7 Å². The van der Waals surface area contributed by atoms with E-state index in [0.717, 1.165) is 5.52 Å². The van der Waals surface area contributed by atoms with Crippen molar-refractivity contribution in [3.63, 3.8) is 0 Å². The highest BCUT2D eigenvalue weighted by molar-refractivity contribution is 6.30. The van der Waals surface area contributed by atoms with Gasteiger partial charge in [0.1, 0.15) is 12.4 Å². The van der Waals surface area contributed by atoms with E-state index in [1.54, 1.807) is 41.7 Å². The van der Waals surface area contributed by atoms with Crippen LogP contribution in [0.1, 0.15) is 5.82 Å². The summed E-state index contributed by atoms with van der Waals surface area (Å²) in [4.78, 5) is 25.3. The molecule has 2 aromatic carbocycles. The van der Waals surface area contributed by atoms with Gasteiger partial charge in [-0.15, -0.1) is 10.2 Å². The Morgan fingerprint density at radius 3 is 2.65 bits per heavy atom. The smallest absolute Gasteiger partial charge is 0.297 e. The molecule has 130 valence electrons. The molecule has 0 saturated carbocycles. The topological polar surface area (TPSA) is 81.3 Å². The lowest BCUT2D eigenvalue weighted by Crippen LogP contribution is -2.29. The zero-order chi connectivity index (χ0) is 18.3. The van der Waals surface area contributed by atoms with E-state index in [-0.39, 0.29) is 23.7 Å². The molecule has 0 aliphatic rings. The first-order chi connectivity index (χ1) is 12.5. The van der Waals surface area contributed by atoms with E-state index in [2.05, 4.69) is 15.5 Å². The number of hydrogen-bond acceptors (Lipinski definition) is 4. The molecule has 8 heteroatoms. The zero-order valence-corrected chi connectivity index (χ0v) is 14.6. The zero-order valence-electron chi connectivity index (χ0n) is 13.8. The Hall–Kier alpha value is -3.19. The van der Waals surface area contributed by atoms with Crippen LogP contribution in [0.25, 0.3) is 16.7 Å². The number of carbonyl (C=O) groups is 1. The van der Waals surface area contributed by atoms with E-state index in [9.17, 15) is 9.59 Å². The molecule has 26 heavy (non-hydrogen) atoms. The molecule has 7 nitrogen and oxygen atoms in total. The Labute approximate surface area is 152 Å². The standard InChI is InChI=1S/C18H14ClN5O2/c1-11-21-22-17-18(26)23(14-7-2-3-8-15(14)24(11)17)10-16(25)20-13-6-4-5-12(19)9-13/h2-9H,10H2,1H3,(H,20,25). The average Bonchev–Trinajstić information content (AvgIpc) is 3.01. The van der Waals surface area contributed by atoms with Crippen LogP contribution in [-0.2, 0) is 11.3 Å². The number of rotatable bonds is 3. The molecule has 2 heterocycles. The van der Waals surface area contributed by atoms with Crippen LogP contribution in [0.3, 0.4) is 0 Å². The number of fused-ring (bicyclic) bond motifs is 3. The highest BCUT2D eigenvalue weighted by Crippen LogP contribution is 2.17. The Morgan fingerprint density at radius 1 is 1.12 bits per heavy atom. The highest BCUT2D eigenvalue weighted by atomic mass is 35.5. The average molecular weight is 368 g/mol. The number of para-hydroxylation sites is 2. The van der Waals surface area contributed by atoms with Gasteiger partial charge in [-0.1, -0.05) is 29.8 Å². The molecule has 0 aliphatic carbocycles. The molecule has 0 saturated heterocycles. The second kappa shape index (κ2) is 6.27. The van der Waals surface area contributed by atoms with Gasteiger partial charge in [0.2, 0.25) is 11.6 Å². The number of hydrogen-bond donors (Lipinski definition) is 1. The van der Waals surface area contributed by atoms with Crippen LogP contribution >= 0.6 is 11.6 Å². The van der Waals surface area contributed by atoms with Gasteiger partial charge in [0.05, 0.1) is 11.0 Å². The number of anilines is 1. The summed E-state index contributed by atoms with van der Waals surface area (Å²) in [5.41, 5.74) is 1.79. The molecule has 1 amide bonds. The third kappa shape index (κ3) is 2.72. The first-order valence-electron chi connectivity index (χ1n) is 7.93. The Bertz CT molecular complexity index is 1210. The van der Waals surface area contributed by atoms with Gasteiger partial charge in [-0.05, 0) is 37.3 Å². The minimum Gasteiger partial charge on any atom is -0.324 e. The molecule has 2 aromatic heterocycles. The predicted molar refractivity (Wildman–Crippen MR) is 99.6 cm³/mol. The van der Waals surface area contributed by atoms with Gasteiger partial charge < -0.3 is 5.32 Å². The Balaban J connectivity index is 1.79. The third-order valence-electron chi connectivity index (χ3n) is 4.08. The number of nitrogens with one attached hydrogen (secondary N) is 1. The summed E-state index contributed by atoms with van der Waals surface area (Å²) in [5.74, 6) is 0.281. The second-order valence-electron chi connectivity index (χ2n) is 5.84. The minimum absolute atomic E-state index is 0.145. The van der Waals surface area contributed by atoms with Crippen molar-refractivity contribution in [2.45, 2.75) is 13.5 Å². The predicted octanol–water partition coefficient (Wildman–Crippen LogP) is 2.64. The van der Waals surface area contributed by atoms with Gasteiger partial charge in [-0.3, -0.25) is 18.6 Å². The van der Waals surface area contributed by atoms with E-state index in [0.29, 0.717) is 22.1 Å². The van der Waals surface area contributed by atoms with Crippen molar-refractivity contribution in [1.29, 1.82) is 0 Å². The van der Waals surface area contributed by atoms with Crippen molar-refractivity contribution >= 4 is 39.9 Å². The van der Waals surface area contributed by atoms with Crippen LogP contribution in [0.15, 0.2) is 53.3 Å². The SMILES string of the molecule is Cc1nnc2c(=O)n(CC(=O)Nc3cccc(Cl)c3)c3ccccc3n12. The lowest BCUT2D eigenvalue weighted by Gasteiger charge is -2.12. The van der Waals surface area contributed by atoms with Crippen LogP contribution in [0, 0.1) is 6.92 Å². The fourth-order valence-electron chi connectivity index (χ4n) is 2.97. The molecule has 0 radical (unpaired) electrons. The molecule has 1 N–H and O–H groups in total. The Kier molecular flexibility index (Phi) is 3.93. The summed E-state index contributed by atoms with van der Waals surface area (Å²) in [6.45, 7) is 1.64. The minimum atomic E-state index is -0.370. The number of nitrogens with zero attached hydrogens (tertiary/aromatic N) is 4. The number of aromatic nitrogens is 4. The summed E-state index contributed by atoms with van der Waals surface area (Å²) in [6.07, 6.45) is 0. The maximum absolute atomic E-state index is 12.8. The van der Waals surface area contributed by atoms with Crippen molar-refractivity contribution in [2.24, 2.45) is 0 Å². The summed E-state index contributed by atoms with van der Waals surface area (Å²) >= 11 is 5.94. The lowest BCUT2D eigenvalue weighted by atomic mass is 10.2. The van der Waals surface area contributed by atoms with E-state index < -0.39 is 0 Å². The van der Waals surface area contributed by atoms with Gasteiger partial charge in [0.25, 0.3) is 5.56 Å². The summed E-state index contributed by atoms with van der Waals surface area (Å²) < 4.78 is 3.10. The van der Waals surface area contributed by atoms with Gasteiger partial charge in [0.15, 0.2) is 0 Å². The van der Waals surface area contributed by atoms with Crippen molar-refractivity contribution < 1.29 is 4.79 Å². The second-order valence-corrected chi connectivity index (χ2v) is 6.28. The molecule has 4 aromatic rings. The molecular weight excluding hydrogens is 354 g/mol. The molecule has 0 aliphatic heterocycles. The maximum Gasteiger partial charge on any atom is 0.297 e. The molecule has 0 atom stereocenters. The lowest BCUT2D eigenvalue weighted by molar-refractivity contribution is -0.116. The molecule has 0 unspecified atom stereocenters. The van der Waals surface area contributed by atoms with Gasteiger partial charge in [-0.2, -0.15) is 0 Å². The fraction of sp³-hybridized carbons (Fsp3) is 0.111. The van der Waals surface area contributed by atoms with Crippen molar-refractivity contribution in [3.8, 4) is 0 Å². The van der Waals surface area contributed by atoms with Crippen LogP contribution in [0.2, 0.25) is 5.02 Å². The van der Waals surface area contributed by atoms with Gasteiger partial charge in [-0.25, -0.2) is 0 Å². The Morgan fingerprint density at radius 2 is 1.88 bits per heavy atom. The van der Waals surface area contributed by atoms with E-state index in [1.807, 2.05) is 18.2 Å². The molecule has 0 bridgehead atoms. The quantitative estimate of drug-likeness (QED) is 0.603. The van der Waals surface area contributed by atoms with E-state index in [4.69, 9.17) is 11.6 Å². The van der Waals surface area contributed by atoms with Crippen molar-refractivity contribution in [1.82, 2.24) is 19.2 Å². The summed E-state index contributed by atoms with van der Waals surface area (Å²) in [6, 6.07) is 14.2. The molecule has 0 spiro atoms. The fourth-order valence-corrected chi connectivity index (χ4v) is 3.16. The highest BCUT2D eigenvalue weighted by Gasteiger charge is 2.16. The van der Waals surface area contributed by atoms with Crippen LogP contribution in [0.4, 0.5) is 5.69 Å². The van der Waals surface area contributed by atoms with Crippen LogP contribution in [-0.4, -0.2) is 25.1 Å². The number of amides is 1. The van der Waals surface area contributed by atoms with E-state index in [1.165, 1.54) is 4.57 Å². The summed E-state index contributed by atoms with van der Waals surface area (Å²) in [5, 5.41) is 11.2. The monoisotopic (exact) mass is 367 g/mol. The van der Waals surface area contributed by atoms with Crippen LogP contribution < -0.4 is 10.9 Å². The molecular formula is C18H14ClN5O2. The normalized spacial score (nSPS) is 11.2. The molecule has 0 fully saturated rings. The maximum atomic E-state index is 12.8. The number of benzene rings is 2. The number of carbonyl (C=O) groups excluding carboxylic acids is 1. The summed E-state index contributed by atoms with van der Waals surface area (Å²) in [7, 11) is 0. The molecule has 4 rings (SSSR count). The van der Waals surface area contributed by atoms with Crippen LogP contribution in [0.5, 0.6) is 0 Å². The van der Waals surface area contributed by atoms with Crippen molar-refractivity contribution in [2.75, 3.05) is 5.32 Å². The largest absolute Gasteiger partial charge is 0.324 e. The number of aryl methyl sites for hydroxylation is 1. The first kappa shape index (κ1) is 16.3. The third-order valence-corrected chi connectivity index (χ3v) is 4.32. The van der Waals surface area contributed by atoms with Crippen molar-refractivity contribution in [3.05, 3.63) is 69.7 Å². The first-order valence-corrected chi connectivity index (χ1v) is 8.31. The van der Waals surface area contributed by atoms with Gasteiger partial charge >= 0.3 is 0 Å². The van der Waals surface area contributed by atoms with E-state index >= 15 is 0 Å².